The van der Waals surface area contributed by atoms with Crippen molar-refractivity contribution in [3.8, 4) is 22.8 Å². The topological polar surface area (TPSA) is 266 Å². The lowest BCUT2D eigenvalue weighted by atomic mass is 9.86. The number of anilines is 2. The number of para-hydroxylation sites is 1. The number of rotatable bonds is 23. The van der Waals surface area contributed by atoms with Gasteiger partial charge in [-0.2, -0.15) is 5.10 Å². The molecule has 3 aromatic carbocycles. The molecule has 22 nitrogen and oxygen atoms in total. The summed E-state index contributed by atoms with van der Waals surface area (Å²) in [5.74, 6) is -0.703. The monoisotopic (exact) mass is 987 g/mol. The molecule has 22 heteroatoms. The summed E-state index contributed by atoms with van der Waals surface area (Å²) in [7, 11) is 0. The number of aromatic nitrogens is 5. The number of primary amides is 1. The first-order chi connectivity index (χ1) is 35.1. The SMILES string of the molecule is NC(=O)c1c(-c2ccc(Oc3ccccc3)cc2)nn2c1NCC[C@H]2C1CCN(C(=O)c2cn(CCOCCOCCOCCOCCNc3cccc4c3C(=O)N(C3CCC(=O)NC3=O)C4=O)nn2)CC1. The van der Waals surface area contributed by atoms with Gasteiger partial charge in [0.2, 0.25) is 11.8 Å². The van der Waals surface area contributed by atoms with Crippen molar-refractivity contribution in [3.05, 3.63) is 101 Å². The van der Waals surface area contributed by atoms with Crippen molar-refractivity contribution in [1.82, 2.24) is 39.9 Å². The van der Waals surface area contributed by atoms with Crippen LogP contribution in [0.3, 0.4) is 0 Å². The van der Waals surface area contributed by atoms with Crippen molar-refractivity contribution in [3.63, 3.8) is 0 Å². The third-order valence-electron chi connectivity index (χ3n) is 13.0. The Morgan fingerprint density at radius 2 is 1.46 bits per heavy atom. The van der Waals surface area contributed by atoms with Gasteiger partial charge < -0.3 is 45.0 Å². The number of nitrogens with two attached hydrogens (primary N) is 1. The molecule has 0 aliphatic carbocycles. The van der Waals surface area contributed by atoms with Gasteiger partial charge >= 0.3 is 0 Å². The summed E-state index contributed by atoms with van der Waals surface area (Å²) in [6.07, 6.45) is 4.13. The Hall–Kier alpha value is -7.53. The molecule has 6 heterocycles. The van der Waals surface area contributed by atoms with Crippen LogP contribution in [0.5, 0.6) is 11.5 Å². The molecular weight excluding hydrogens is 931 g/mol. The van der Waals surface area contributed by atoms with E-state index in [4.69, 9.17) is 34.5 Å². The fourth-order valence-corrected chi connectivity index (χ4v) is 9.48. The van der Waals surface area contributed by atoms with Gasteiger partial charge in [0.05, 0.1) is 82.8 Å². The van der Waals surface area contributed by atoms with Crippen molar-refractivity contribution in [2.45, 2.75) is 50.7 Å². The van der Waals surface area contributed by atoms with Crippen LogP contribution in [0.4, 0.5) is 11.5 Å². The summed E-state index contributed by atoms with van der Waals surface area (Å²) < 4.78 is 32.0. The van der Waals surface area contributed by atoms with Crippen LogP contribution < -0.4 is 26.4 Å². The van der Waals surface area contributed by atoms with Crippen molar-refractivity contribution in [2.75, 3.05) is 89.7 Å². The molecule has 2 saturated heterocycles. The van der Waals surface area contributed by atoms with E-state index in [0.717, 1.165) is 35.5 Å². The molecule has 0 bridgehead atoms. The number of likely N-dealkylation sites (tertiary alicyclic amines) is 1. The number of carbonyl (C=O) groups excluding carboxylic acids is 6. The van der Waals surface area contributed by atoms with Crippen molar-refractivity contribution < 1.29 is 52.5 Å². The number of fused-ring (bicyclic) bond motifs is 2. The van der Waals surface area contributed by atoms with Gasteiger partial charge in [0, 0.05) is 43.9 Å². The molecule has 5 N–H and O–H groups in total. The Kier molecular flexibility index (Phi) is 15.9. The van der Waals surface area contributed by atoms with Gasteiger partial charge in [-0.05, 0) is 80.1 Å². The average molecular weight is 988 g/mol. The molecule has 378 valence electrons. The average Bonchev–Trinajstić information content (AvgIpc) is 4.10. The molecule has 4 aliphatic rings. The number of carbonyl (C=O) groups is 6. The minimum absolute atomic E-state index is 0.0270. The first-order valence-corrected chi connectivity index (χ1v) is 24.2. The van der Waals surface area contributed by atoms with Crippen LogP contribution in [-0.4, -0.2) is 155 Å². The van der Waals surface area contributed by atoms with Gasteiger partial charge in [0.1, 0.15) is 34.6 Å². The number of ether oxygens (including phenoxy) is 5. The van der Waals surface area contributed by atoms with Crippen LogP contribution in [0, 0.1) is 5.92 Å². The largest absolute Gasteiger partial charge is 0.457 e. The summed E-state index contributed by atoms with van der Waals surface area (Å²) in [4.78, 5) is 79.3. The van der Waals surface area contributed by atoms with Crippen LogP contribution in [-0.2, 0) is 35.1 Å². The number of imide groups is 2. The Balaban J connectivity index is 0.623. The van der Waals surface area contributed by atoms with Crippen molar-refractivity contribution >= 4 is 46.9 Å². The van der Waals surface area contributed by atoms with E-state index in [1.807, 2.05) is 64.2 Å². The molecule has 5 aromatic rings. The quantitative estimate of drug-likeness (QED) is 0.0539. The zero-order chi connectivity index (χ0) is 50.0. The number of nitrogens with zero attached hydrogens (tertiary/aromatic N) is 7. The first-order valence-electron chi connectivity index (χ1n) is 24.2. The van der Waals surface area contributed by atoms with Crippen molar-refractivity contribution in [2.24, 2.45) is 11.7 Å². The lowest BCUT2D eigenvalue weighted by Gasteiger charge is -2.38. The van der Waals surface area contributed by atoms with E-state index in [-0.39, 0.29) is 47.5 Å². The first kappa shape index (κ1) is 49.5. The zero-order valence-electron chi connectivity index (χ0n) is 39.7. The highest BCUT2D eigenvalue weighted by atomic mass is 16.6. The minimum atomic E-state index is -1.03. The molecular formula is C50H57N11O11. The maximum absolute atomic E-state index is 13.5. The number of amides is 6. The van der Waals surface area contributed by atoms with Gasteiger partial charge in [0.15, 0.2) is 5.69 Å². The van der Waals surface area contributed by atoms with Crippen LogP contribution >= 0.6 is 0 Å². The highest BCUT2D eigenvalue weighted by Gasteiger charge is 2.45. The Labute approximate surface area is 414 Å². The number of nitrogens with one attached hydrogen (secondary N) is 3. The lowest BCUT2D eigenvalue weighted by molar-refractivity contribution is -0.136. The maximum atomic E-state index is 13.5. The van der Waals surface area contributed by atoms with E-state index in [1.54, 1.807) is 29.1 Å². The van der Waals surface area contributed by atoms with E-state index in [1.165, 1.54) is 0 Å². The van der Waals surface area contributed by atoms with Crippen LogP contribution in [0.25, 0.3) is 11.3 Å². The highest BCUT2D eigenvalue weighted by Crippen LogP contribution is 2.40. The van der Waals surface area contributed by atoms with E-state index >= 15 is 0 Å². The molecule has 0 radical (unpaired) electrons. The van der Waals surface area contributed by atoms with Crippen LogP contribution in [0.2, 0.25) is 0 Å². The molecule has 1 unspecified atom stereocenters. The normalized spacial score (nSPS) is 17.9. The number of benzene rings is 3. The second kappa shape index (κ2) is 23.1. The van der Waals surface area contributed by atoms with Gasteiger partial charge in [0.25, 0.3) is 23.6 Å². The fraction of sp³-hybridized carbons (Fsp3) is 0.420. The molecule has 0 spiro atoms. The Morgan fingerprint density at radius 1 is 0.764 bits per heavy atom. The second-order valence-electron chi connectivity index (χ2n) is 17.7. The zero-order valence-corrected chi connectivity index (χ0v) is 39.7. The lowest BCUT2D eigenvalue weighted by Crippen LogP contribution is -2.54. The second-order valence-corrected chi connectivity index (χ2v) is 17.7. The van der Waals surface area contributed by atoms with Crippen molar-refractivity contribution in [1.29, 1.82) is 0 Å². The predicted molar refractivity (Wildman–Crippen MR) is 258 cm³/mol. The van der Waals surface area contributed by atoms with Crippen LogP contribution in [0.1, 0.15) is 79.7 Å². The van der Waals surface area contributed by atoms with Gasteiger partial charge in [-0.1, -0.05) is 29.5 Å². The molecule has 72 heavy (non-hydrogen) atoms. The molecule has 2 aromatic heterocycles. The maximum Gasteiger partial charge on any atom is 0.276 e. The van der Waals surface area contributed by atoms with Gasteiger partial charge in [-0.3, -0.25) is 39.0 Å². The molecule has 6 amide bonds. The number of hydrogen-bond donors (Lipinski definition) is 4. The summed E-state index contributed by atoms with van der Waals surface area (Å²) in [5.41, 5.74) is 8.72. The molecule has 2 fully saturated rings. The molecule has 0 saturated carbocycles. The fourth-order valence-electron chi connectivity index (χ4n) is 9.48. The third kappa shape index (κ3) is 11.3. The van der Waals surface area contributed by atoms with Crippen LogP contribution in [0.15, 0.2) is 79.0 Å². The van der Waals surface area contributed by atoms with E-state index < -0.39 is 35.6 Å². The molecule has 4 aliphatic heterocycles. The summed E-state index contributed by atoms with van der Waals surface area (Å²) >= 11 is 0. The smallest absolute Gasteiger partial charge is 0.276 e. The Bertz CT molecular complexity index is 2760. The Morgan fingerprint density at radius 3 is 2.17 bits per heavy atom. The minimum Gasteiger partial charge on any atom is -0.457 e. The van der Waals surface area contributed by atoms with E-state index in [9.17, 15) is 28.8 Å². The van der Waals surface area contributed by atoms with Gasteiger partial charge in [-0.25, -0.2) is 9.36 Å². The van der Waals surface area contributed by atoms with Gasteiger partial charge in [-0.15, -0.1) is 5.10 Å². The number of piperidine rings is 2. The predicted octanol–water partition coefficient (Wildman–Crippen LogP) is 3.52. The summed E-state index contributed by atoms with van der Waals surface area (Å²) in [5, 5.41) is 22.0. The molecule has 9 rings (SSSR count). The van der Waals surface area contributed by atoms with E-state index in [0.29, 0.717) is 114 Å². The summed E-state index contributed by atoms with van der Waals surface area (Å²) in [6, 6.07) is 20.8. The summed E-state index contributed by atoms with van der Waals surface area (Å²) in [6.45, 7) is 5.40. The molecule has 2 atom stereocenters. The highest BCUT2D eigenvalue weighted by molar-refractivity contribution is 6.25. The number of hydrogen-bond acceptors (Lipinski definition) is 16. The third-order valence-corrected chi connectivity index (χ3v) is 13.0. The standard InChI is InChI=1S/C50H57N11O11/c51-45(63)43-44(33-9-11-35(12-10-33)72-34-5-2-1-3-6-34)56-61-39(15-18-53-46(43)61)32-16-20-58(21-17-32)49(66)38-31-59(57-55-38)22-24-69-26-28-71-30-29-70-27-25-68-23-19-52-37-8-4-7-36-42(37)50(67)60(48(36)65)40-13-14-41(62)54-47(40)64/h1-12,31-32,39-40,52-53H,13-30H2,(H2,51,63)(H,54,62,64)/t39-,40?/m0/s1. The van der Waals surface area contributed by atoms with E-state index in [2.05, 4.69) is 26.3 Å².